The second kappa shape index (κ2) is 3.19. The third-order valence-corrected chi connectivity index (χ3v) is 3.34. The first kappa shape index (κ1) is 8.48. The van der Waals surface area contributed by atoms with Crippen LogP contribution in [0.1, 0.15) is 19.3 Å². The number of rotatable bonds is 0. The van der Waals surface area contributed by atoms with Crippen molar-refractivity contribution in [2.75, 3.05) is 0 Å². The van der Waals surface area contributed by atoms with Gasteiger partial charge in [-0.3, -0.25) is 6.26 Å². The summed E-state index contributed by atoms with van der Waals surface area (Å²) in [6.07, 6.45) is 7.91. The standard InChI is InChI=1S/C7H10NS.Zn/c1-9-5-8-6-3-2-4-7(6)9;/h5,8H,1-4H2;/q-1;. The van der Waals surface area contributed by atoms with Crippen molar-refractivity contribution in [1.82, 2.24) is 5.32 Å². The van der Waals surface area contributed by atoms with Crippen LogP contribution in [0.3, 0.4) is 0 Å². The Morgan fingerprint density at radius 2 is 2.30 bits per heavy atom. The molecule has 2 aliphatic rings. The van der Waals surface area contributed by atoms with Gasteiger partial charge in [-0.1, -0.05) is 0 Å². The van der Waals surface area contributed by atoms with Gasteiger partial charge in [-0.15, -0.1) is 0 Å². The molecule has 0 aromatic rings. The Morgan fingerprint density at radius 1 is 1.50 bits per heavy atom. The molecule has 2 rings (SSSR count). The van der Waals surface area contributed by atoms with Crippen molar-refractivity contribution >= 4 is 16.0 Å². The Labute approximate surface area is 77.0 Å². The summed E-state index contributed by atoms with van der Waals surface area (Å²) in [5.41, 5.74) is 3.58. The van der Waals surface area contributed by atoms with E-state index in [-0.39, 0.29) is 30.0 Å². The summed E-state index contributed by atoms with van der Waals surface area (Å²) in [5, 5.41) is 3.27. The van der Waals surface area contributed by atoms with E-state index in [4.69, 9.17) is 0 Å². The van der Waals surface area contributed by atoms with Gasteiger partial charge < -0.3 is 15.8 Å². The SMILES string of the molecule is [CH2-]S1=CNC2=C1CCC2.[Zn]. The van der Waals surface area contributed by atoms with Crippen LogP contribution in [0.25, 0.3) is 0 Å². The Morgan fingerprint density at radius 3 is 3.00 bits per heavy atom. The van der Waals surface area contributed by atoms with Gasteiger partial charge in [0.1, 0.15) is 0 Å². The van der Waals surface area contributed by atoms with Gasteiger partial charge in [0.2, 0.25) is 0 Å². The maximum atomic E-state index is 4.03. The Balaban J connectivity index is 0.000000500. The summed E-state index contributed by atoms with van der Waals surface area (Å²) < 4.78 is 0. The Hall–Kier alpha value is 0.383. The summed E-state index contributed by atoms with van der Waals surface area (Å²) >= 11 is 0. The minimum absolute atomic E-state index is 0. The second-order valence-electron chi connectivity index (χ2n) is 2.45. The monoisotopic (exact) mass is 204 g/mol. The maximum absolute atomic E-state index is 4.03. The fraction of sp³-hybridized carbons (Fsp3) is 0.429. The molecule has 0 saturated heterocycles. The molecule has 0 radical (unpaired) electrons. The number of hydrogen-bond acceptors (Lipinski definition) is 1. The van der Waals surface area contributed by atoms with E-state index in [0.29, 0.717) is 0 Å². The van der Waals surface area contributed by atoms with Gasteiger partial charge in [-0.2, -0.15) is 0 Å². The van der Waals surface area contributed by atoms with Crippen LogP contribution >= 0.6 is 10.5 Å². The van der Waals surface area contributed by atoms with Crippen molar-refractivity contribution < 1.29 is 19.5 Å². The van der Waals surface area contributed by atoms with Gasteiger partial charge in [0.15, 0.2) is 0 Å². The van der Waals surface area contributed by atoms with E-state index in [9.17, 15) is 0 Å². The topological polar surface area (TPSA) is 12.0 Å². The molecule has 0 aromatic heterocycles. The third kappa shape index (κ3) is 1.22. The minimum atomic E-state index is 0. The average Bonchev–Trinajstić information content (AvgIpc) is 2.35. The average molecular weight is 206 g/mol. The van der Waals surface area contributed by atoms with Crippen LogP contribution in [0.5, 0.6) is 0 Å². The Bertz CT molecular complexity index is 208. The van der Waals surface area contributed by atoms with Gasteiger partial charge in [0.05, 0.1) is 0 Å². The molecule has 0 aromatic carbocycles. The van der Waals surface area contributed by atoms with Gasteiger partial charge in [0, 0.05) is 25.2 Å². The first-order chi connectivity index (χ1) is 4.38. The molecule has 0 spiro atoms. The van der Waals surface area contributed by atoms with E-state index in [1.807, 2.05) is 0 Å². The molecule has 0 fully saturated rings. The van der Waals surface area contributed by atoms with Crippen LogP contribution in [0, 0.1) is 6.26 Å². The molecule has 1 N–H and O–H groups in total. The largest absolute Gasteiger partial charge is 0.362 e. The van der Waals surface area contributed by atoms with Crippen LogP contribution in [-0.4, -0.2) is 5.49 Å². The van der Waals surface area contributed by atoms with Crippen LogP contribution in [0.2, 0.25) is 0 Å². The molecule has 1 heterocycles. The van der Waals surface area contributed by atoms with Crippen LogP contribution in [-0.2, 0) is 19.5 Å². The Kier molecular flexibility index (Phi) is 2.70. The predicted octanol–water partition coefficient (Wildman–Crippen LogP) is 1.80. The van der Waals surface area contributed by atoms with E-state index >= 15 is 0 Å². The van der Waals surface area contributed by atoms with E-state index in [2.05, 4.69) is 17.1 Å². The second-order valence-corrected chi connectivity index (χ2v) is 4.03. The van der Waals surface area contributed by atoms with E-state index < -0.39 is 0 Å². The van der Waals surface area contributed by atoms with Crippen molar-refractivity contribution in [3.05, 3.63) is 16.9 Å². The van der Waals surface area contributed by atoms with E-state index in [1.54, 1.807) is 4.91 Å². The van der Waals surface area contributed by atoms with Gasteiger partial charge in [0.25, 0.3) is 0 Å². The van der Waals surface area contributed by atoms with Crippen molar-refractivity contribution in [2.24, 2.45) is 0 Å². The molecule has 1 atom stereocenters. The number of allylic oxidation sites excluding steroid dienone is 2. The van der Waals surface area contributed by atoms with E-state index in [1.165, 1.54) is 25.0 Å². The molecular weight excluding hydrogens is 196 g/mol. The fourth-order valence-electron chi connectivity index (χ4n) is 1.37. The zero-order chi connectivity index (χ0) is 6.27. The van der Waals surface area contributed by atoms with Gasteiger partial charge in [-0.25, -0.2) is 0 Å². The van der Waals surface area contributed by atoms with Gasteiger partial charge in [-0.05, 0) is 29.7 Å². The molecule has 1 aliphatic carbocycles. The molecule has 3 heteroatoms. The molecule has 1 unspecified atom stereocenters. The fourth-order valence-corrected chi connectivity index (χ4v) is 2.68. The zero-order valence-electron chi connectivity index (χ0n) is 6.02. The molecular formula is C7H10NSZn-. The van der Waals surface area contributed by atoms with Gasteiger partial charge >= 0.3 is 0 Å². The maximum Gasteiger partial charge on any atom is 0.0216 e. The van der Waals surface area contributed by atoms with Crippen molar-refractivity contribution in [3.8, 4) is 0 Å². The summed E-state index contributed by atoms with van der Waals surface area (Å²) in [7, 11) is 0.215. The molecule has 0 bridgehead atoms. The third-order valence-electron chi connectivity index (χ3n) is 1.86. The summed E-state index contributed by atoms with van der Waals surface area (Å²) in [6, 6.07) is 0. The molecule has 1 aliphatic heterocycles. The first-order valence-electron chi connectivity index (χ1n) is 3.22. The predicted molar refractivity (Wildman–Crippen MR) is 43.0 cm³/mol. The number of hydrogen-bond donors (Lipinski definition) is 1. The van der Waals surface area contributed by atoms with Crippen molar-refractivity contribution in [3.63, 3.8) is 0 Å². The number of nitrogens with one attached hydrogen (secondary N) is 1. The van der Waals surface area contributed by atoms with Crippen LogP contribution in [0.4, 0.5) is 0 Å². The van der Waals surface area contributed by atoms with E-state index in [0.717, 1.165) is 0 Å². The molecule has 0 amide bonds. The molecule has 1 nitrogen and oxygen atoms in total. The normalized spacial score (nSPS) is 28.7. The first-order valence-corrected chi connectivity index (χ1v) is 4.68. The molecule has 52 valence electrons. The van der Waals surface area contributed by atoms with Crippen molar-refractivity contribution in [2.45, 2.75) is 19.3 Å². The molecule has 10 heavy (non-hydrogen) atoms. The zero-order valence-corrected chi connectivity index (χ0v) is 9.80. The molecule has 0 saturated carbocycles. The summed E-state index contributed by atoms with van der Waals surface area (Å²) in [5.74, 6) is 0. The summed E-state index contributed by atoms with van der Waals surface area (Å²) in [4.78, 5) is 1.58. The van der Waals surface area contributed by atoms with Crippen LogP contribution < -0.4 is 5.32 Å². The summed E-state index contributed by atoms with van der Waals surface area (Å²) in [6.45, 7) is 0. The van der Waals surface area contributed by atoms with Crippen molar-refractivity contribution in [1.29, 1.82) is 0 Å². The smallest absolute Gasteiger partial charge is 0.0216 e. The minimum Gasteiger partial charge on any atom is -0.362 e. The quantitative estimate of drug-likeness (QED) is 0.361. The van der Waals surface area contributed by atoms with Crippen LogP contribution in [0.15, 0.2) is 10.6 Å².